The van der Waals surface area contributed by atoms with Gasteiger partial charge in [-0.3, -0.25) is 0 Å². The Morgan fingerprint density at radius 3 is 2.59 bits per heavy atom. The van der Waals surface area contributed by atoms with Crippen LogP contribution in [0.5, 0.6) is 0 Å². The molecule has 1 N–H and O–H groups in total. The number of carbonyl (C=O) groups is 1. The van der Waals surface area contributed by atoms with E-state index in [4.69, 9.17) is 5.11 Å². The number of hydrogen-bond acceptors (Lipinski definition) is 4. The zero-order valence-corrected chi connectivity index (χ0v) is 12.2. The number of sulfone groups is 1. The van der Waals surface area contributed by atoms with Crippen molar-refractivity contribution in [3.63, 3.8) is 0 Å². The van der Waals surface area contributed by atoms with Crippen molar-refractivity contribution in [2.75, 3.05) is 17.8 Å². The first-order chi connectivity index (χ1) is 7.78. The summed E-state index contributed by atoms with van der Waals surface area (Å²) in [6.07, 6.45) is 1.18. The summed E-state index contributed by atoms with van der Waals surface area (Å²) in [6.45, 7) is 0. The lowest BCUT2D eigenvalue weighted by molar-refractivity contribution is 0.0696. The summed E-state index contributed by atoms with van der Waals surface area (Å²) in [5.41, 5.74) is 0.182. The molecule has 0 atom stereocenters. The maximum absolute atomic E-state index is 10.9. The fourth-order valence-electron chi connectivity index (χ4n) is 1.08. The highest BCUT2D eigenvalue weighted by atomic mass is 79.9. The molecule has 4 nitrogen and oxygen atoms in total. The van der Waals surface area contributed by atoms with Crippen LogP contribution >= 0.6 is 27.7 Å². The third-order valence-corrected chi connectivity index (χ3v) is 4.48. The second-order valence-corrected chi connectivity index (χ2v) is 7.80. The van der Waals surface area contributed by atoms with Crippen LogP contribution in [0, 0.1) is 0 Å². The average Bonchev–Trinajstić information content (AvgIpc) is 2.14. The minimum atomic E-state index is -2.98. The number of thioether (sulfide) groups is 1. The summed E-state index contributed by atoms with van der Waals surface area (Å²) in [4.78, 5) is 11.5. The van der Waals surface area contributed by atoms with E-state index in [0.29, 0.717) is 10.2 Å². The van der Waals surface area contributed by atoms with Crippen LogP contribution in [0.25, 0.3) is 0 Å². The zero-order chi connectivity index (χ0) is 13.1. The molecule has 0 saturated carbocycles. The van der Waals surface area contributed by atoms with E-state index in [2.05, 4.69) is 15.9 Å². The van der Waals surface area contributed by atoms with Gasteiger partial charge in [0.25, 0.3) is 0 Å². The van der Waals surface area contributed by atoms with Crippen molar-refractivity contribution in [2.45, 2.75) is 4.90 Å². The van der Waals surface area contributed by atoms with E-state index in [9.17, 15) is 13.2 Å². The number of aromatic carboxylic acids is 1. The van der Waals surface area contributed by atoms with Gasteiger partial charge in [0.1, 0.15) is 9.84 Å². The van der Waals surface area contributed by atoms with Gasteiger partial charge in [-0.1, -0.05) is 15.9 Å². The lowest BCUT2D eigenvalue weighted by atomic mass is 10.2. The Bertz CT molecular complexity index is 525. The highest BCUT2D eigenvalue weighted by Crippen LogP contribution is 2.24. The number of hydrogen-bond donors (Lipinski definition) is 1. The zero-order valence-electron chi connectivity index (χ0n) is 9.01. The van der Waals surface area contributed by atoms with Gasteiger partial charge < -0.3 is 5.11 Å². The molecule has 1 aromatic rings. The number of rotatable bonds is 5. The summed E-state index contributed by atoms with van der Waals surface area (Å²) < 4.78 is 22.6. The van der Waals surface area contributed by atoms with Gasteiger partial charge in [-0.25, -0.2) is 13.2 Å². The van der Waals surface area contributed by atoms with Crippen LogP contribution < -0.4 is 0 Å². The van der Waals surface area contributed by atoms with Crippen LogP contribution in [0.3, 0.4) is 0 Å². The van der Waals surface area contributed by atoms with Crippen molar-refractivity contribution in [1.29, 1.82) is 0 Å². The maximum atomic E-state index is 10.9. The quantitative estimate of drug-likeness (QED) is 0.834. The van der Waals surface area contributed by atoms with Crippen LogP contribution in [0.1, 0.15) is 10.4 Å². The third kappa shape index (κ3) is 5.56. The van der Waals surface area contributed by atoms with Crippen molar-refractivity contribution in [3.8, 4) is 0 Å². The number of halogens is 1. The molecule has 0 fully saturated rings. The molecule has 0 unspecified atom stereocenters. The summed E-state index contributed by atoms with van der Waals surface area (Å²) in [5, 5.41) is 8.86. The molecule has 0 heterocycles. The number of benzene rings is 1. The van der Waals surface area contributed by atoms with Gasteiger partial charge in [0.2, 0.25) is 0 Å². The summed E-state index contributed by atoms with van der Waals surface area (Å²) in [5.74, 6) is -0.516. The molecule has 0 aliphatic rings. The van der Waals surface area contributed by atoms with Gasteiger partial charge in [0.05, 0.1) is 11.3 Å². The summed E-state index contributed by atoms with van der Waals surface area (Å²) >= 11 is 4.54. The van der Waals surface area contributed by atoms with Crippen LogP contribution in [0.15, 0.2) is 27.6 Å². The fraction of sp³-hybridized carbons (Fsp3) is 0.300. The SMILES string of the molecule is CS(=O)(=O)CCSc1cc(Br)cc(C(=O)O)c1. The topological polar surface area (TPSA) is 71.4 Å². The first-order valence-electron chi connectivity index (χ1n) is 4.62. The molecular weight excluding hydrogens is 328 g/mol. The lowest BCUT2D eigenvalue weighted by Crippen LogP contribution is -2.05. The Hall–Kier alpha value is -0.530. The molecule has 1 aromatic carbocycles. The highest BCUT2D eigenvalue weighted by Gasteiger charge is 2.08. The van der Waals surface area contributed by atoms with Gasteiger partial charge in [-0.05, 0) is 18.2 Å². The molecular formula is C10H11BrO4S2. The Morgan fingerprint density at radius 2 is 2.06 bits per heavy atom. The van der Waals surface area contributed by atoms with Crippen LogP contribution in [0.4, 0.5) is 0 Å². The van der Waals surface area contributed by atoms with E-state index in [1.165, 1.54) is 30.2 Å². The average molecular weight is 339 g/mol. The molecule has 0 bridgehead atoms. The second-order valence-electron chi connectivity index (χ2n) is 3.46. The minimum absolute atomic E-state index is 0.0760. The van der Waals surface area contributed by atoms with Crippen molar-refractivity contribution in [2.24, 2.45) is 0 Å². The first-order valence-corrected chi connectivity index (χ1v) is 8.46. The van der Waals surface area contributed by atoms with E-state index < -0.39 is 15.8 Å². The molecule has 0 aliphatic heterocycles. The Balaban J connectivity index is 2.75. The van der Waals surface area contributed by atoms with E-state index in [0.717, 1.165) is 4.90 Å². The predicted octanol–water partition coefficient (Wildman–Crippen LogP) is 2.28. The molecule has 1 rings (SSSR count). The van der Waals surface area contributed by atoms with Gasteiger partial charge >= 0.3 is 5.97 Å². The summed E-state index contributed by atoms with van der Waals surface area (Å²) in [7, 11) is -2.98. The van der Waals surface area contributed by atoms with E-state index in [1.807, 2.05) is 0 Å². The molecule has 7 heteroatoms. The van der Waals surface area contributed by atoms with E-state index >= 15 is 0 Å². The van der Waals surface area contributed by atoms with Crippen LogP contribution in [-0.2, 0) is 9.84 Å². The van der Waals surface area contributed by atoms with E-state index in [1.54, 1.807) is 6.07 Å². The molecule has 0 saturated heterocycles. The largest absolute Gasteiger partial charge is 0.478 e. The number of carboxylic acid groups (broad SMARTS) is 1. The third-order valence-electron chi connectivity index (χ3n) is 1.84. The van der Waals surface area contributed by atoms with Crippen LogP contribution in [0.2, 0.25) is 0 Å². The molecule has 94 valence electrons. The smallest absolute Gasteiger partial charge is 0.335 e. The van der Waals surface area contributed by atoms with Gasteiger partial charge in [-0.2, -0.15) is 0 Å². The van der Waals surface area contributed by atoms with Crippen LogP contribution in [-0.4, -0.2) is 37.3 Å². The molecule has 17 heavy (non-hydrogen) atoms. The minimum Gasteiger partial charge on any atom is -0.478 e. The molecule has 0 aromatic heterocycles. The standard InChI is InChI=1S/C10H11BrO4S2/c1-17(14,15)3-2-16-9-5-7(10(12)13)4-8(11)6-9/h4-6H,2-3H2,1H3,(H,12,13). The fourth-order valence-corrected chi connectivity index (χ4v) is 3.93. The predicted molar refractivity (Wildman–Crippen MR) is 71.5 cm³/mol. The van der Waals surface area contributed by atoms with Gasteiger partial charge in [0.15, 0.2) is 0 Å². The summed E-state index contributed by atoms with van der Waals surface area (Å²) in [6, 6.07) is 4.79. The molecule has 0 spiro atoms. The lowest BCUT2D eigenvalue weighted by Gasteiger charge is -2.03. The van der Waals surface area contributed by atoms with Crippen molar-refractivity contribution in [1.82, 2.24) is 0 Å². The van der Waals surface area contributed by atoms with E-state index in [-0.39, 0.29) is 11.3 Å². The maximum Gasteiger partial charge on any atom is 0.335 e. The monoisotopic (exact) mass is 338 g/mol. The Kier molecular flexibility index (Phi) is 5.03. The van der Waals surface area contributed by atoms with Crippen molar-refractivity contribution in [3.05, 3.63) is 28.2 Å². The van der Waals surface area contributed by atoms with Gasteiger partial charge in [0, 0.05) is 21.4 Å². The number of carboxylic acids is 1. The highest BCUT2D eigenvalue weighted by molar-refractivity contribution is 9.10. The van der Waals surface area contributed by atoms with Crippen molar-refractivity contribution >= 4 is 43.5 Å². The molecule has 0 amide bonds. The first kappa shape index (κ1) is 14.5. The normalized spacial score (nSPS) is 11.4. The molecule has 0 radical (unpaired) electrons. The molecule has 0 aliphatic carbocycles. The Labute approximate surface area is 112 Å². The van der Waals surface area contributed by atoms with Crippen molar-refractivity contribution < 1.29 is 18.3 Å². The Morgan fingerprint density at radius 1 is 1.41 bits per heavy atom. The van der Waals surface area contributed by atoms with Gasteiger partial charge in [-0.15, -0.1) is 11.8 Å². The second kappa shape index (κ2) is 5.88.